The molecule has 0 radical (unpaired) electrons. The first-order valence-corrected chi connectivity index (χ1v) is 8.04. The van der Waals surface area contributed by atoms with Crippen LogP contribution in [0.25, 0.3) is 0 Å². The number of anilines is 1. The number of benzene rings is 2. The predicted octanol–water partition coefficient (Wildman–Crippen LogP) is 1.67. The summed E-state index contributed by atoms with van der Waals surface area (Å²) in [6, 6.07) is 13.7. The van der Waals surface area contributed by atoms with Gasteiger partial charge in [0.15, 0.2) is 0 Å². The van der Waals surface area contributed by atoms with Gasteiger partial charge in [0.2, 0.25) is 0 Å². The van der Waals surface area contributed by atoms with E-state index in [-0.39, 0.29) is 17.0 Å². The number of piperazine rings is 1. The van der Waals surface area contributed by atoms with Crippen LogP contribution in [0, 0.1) is 0 Å². The van der Waals surface area contributed by atoms with Crippen LogP contribution in [-0.4, -0.2) is 43.0 Å². The number of nitrogens with zero attached hydrogens (tertiary/aromatic N) is 2. The highest BCUT2D eigenvalue weighted by Gasteiger charge is 2.24. The summed E-state index contributed by atoms with van der Waals surface area (Å²) >= 11 is 6.02. The Morgan fingerprint density at radius 3 is 2.21 bits per heavy atom. The van der Waals surface area contributed by atoms with Crippen molar-refractivity contribution in [2.75, 3.05) is 31.1 Å². The molecular weight excluding hydrogens is 328 g/mol. The van der Waals surface area contributed by atoms with Gasteiger partial charge in [-0.25, -0.2) is 0 Å². The number of hydrogen-bond acceptors (Lipinski definition) is 4. The van der Waals surface area contributed by atoms with Crippen LogP contribution in [0.1, 0.15) is 20.7 Å². The molecule has 124 valence electrons. The number of rotatable bonds is 3. The van der Waals surface area contributed by atoms with Crippen LogP contribution in [0.15, 0.2) is 48.5 Å². The zero-order chi connectivity index (χ0) is 17.1. The first-order chi connectivity index (χ1) is 11.6. The van der Waals surface area contributed by atoms with Gasteiger partial charge in [-0.05, 0) is 24.3 Å². The molecule has 2 aromatic carbocycles. The molecule has 0 aliphatic carbocycles. The van der Waals surface area contributed by atoms with E-state index in [1.807, 2.05) is 24.3 Å². The highest BCUT2D eigenvalue weighted by Crippen LogP contribution is 2.21. The van der Waals surface area contributed by atoms with Crippen LogP contribution in [0.5, 0.6) is 0 Å². The van der Waals surface area contributed by atoms with Crippen molar-refractivity contribution in [2.24, 2.45) is 0 Å². The average molecular weight is 344 g/mol. The SMILES string of the molecule is O=C([O-])c1ccccc1C(=O)N1CCN(c2cccc(Cl)c2)CC1. The number of carboxylic acids is 1. The minimum atomic E-state index is -1.34. The van der Waals surface area contributed by atoms with E-state index in [9.17, 15) is 14.7 Å². The summed E-state index contributed by atoms with van der Waals surface area (Å²) in [4.78, 5) is 27.6. The fourth-order valence-corrected chi connectivity index (χ4v) is 3.04. The molecule has 3 rings (SSSR count). The van der Waals surface area contributed by atoms with Crippen molar-refractivity contribution < 1.29 is 14.7 Å². The molecule has 0 aromatic heterocycles. The highest BCUT2D eigenvalue weighted by atomic mass is 35.5. The van der Waals surface area contributed by atoms with Crippen molar-refractivity contribution in [3.63, 3.8) is 0 Å². The molecule has 0 spiro atoms. The maximum Gasteiger partial charge on any atom is 0.254 e. The number of halogens is 1. The quantitative estimate of drug-likeness (QED) is 0.850. The van der Waals surface area contributed by atoms with Crippen molar-refractivity contribution in [1.82, 2.24) is 4.90 Å². The molecule has 1 amide bonds. The second kappa shape index (κ2) is 6.93. The van der Waals surface area contributed by atoms with Gasteiger partial charge in [-0.3, -0.25) is 4.79 Å². The van der Waals surface area contributed by atoms with Gasteiger partial charge in [0.25, 0.3) is 5.91 Å². The Hall–Kier alpha value is -2.53. The summed E-state index contributed by atoms with van der Waals surface area (Å²) in [5.41, 5.74) is 1.12. The lowest BCUT2D eigenvalue weighted by Gasteiger charge is -2.36. The molecule has 1 aliphatic rings. The molecule has 1 fully saturated rings. The summed E-state index contributed by atoms with van der Waals surface area (Å²) in [5.74, 6) is -1.61. The van der Waals surface area contributed by atoms with Gasteiger partial charge in [0.05, 0.1) is 5.97 Å². The molecule has 2 aromatic rings. The molecule has 0 unspecified atom stereocenters. The summed E-state index contributed by atoms with van der Waals surface area (Å²) in [6.45, 7) is 2.37. The van der Waals surface area contributed by atoms with Crippen molar-refractivity contribution >= 4 is 29.2 Å². The molecule has 1 saturated heterocycles. The third-order valence-corrected chi connectivity index (χ3v) is 4.35. The fraction of sp³-hybridized carbons (Fsp3) is 0.222. The largest absolute Gasteiger partial charge is 0.545 e. The second-order valence-electron chi connectivity index (χ2n) is 5.59. The van der Waals surface area contributed by atoms with Gasteiger partial charge in [-0.2, -0.15) is 0 Å². The van der Waals surface area contributed by atoms with E-state index in [0.29, 0.717) is 31.2 Å². The molecule has 0 N–H and O–H groups in total. The Bertz CT molecular complexity index is 770. The predicted molar refractivity (Wildman–Crippen MR) is 90.3 cm³/mol. The average Bonchev–Trinajstić information content (AvgIpc) is 2.61. The van der Waals surface area contributed by atoms with Crippen molar-refractivity contribution in [2.45, 2.75) is 0 Å². The van der Waals surface area contributed by atoms with E-state index in [1.54, 1.807) is 17.0 Å². The van der Waals surface area contributed by atoms with Gasteiger partial charge in [0, 0.05) is 48.0 Å². The molecule has 5 nitrogen and oxygen atoms in total. The number of carboxylic acid groups (broad SMARTS) is 1. The zero-order valence-corrected chi connectivity index (χ0v) is 13.7. The van der Waals surface area contributed by atoms with E-state index in [1.165, 1.54) is 12.1 Å². The Morgan fingerprint density at radius 1 is 0.917 bits per heavy atom. The van der Waals surface area contributed by atoms with Crippen molar-refractivity contribution in [3.8, 4) is 0 Å². The Morgan fingerprint density at radius 2 is 1.58 bits per heavy atom. The van der Waals surface area contributed by atoms with Gasteiger partial charge in [-0.1, -0.05) is 35.9 Å². The normalized spacial score (nSPS) is 14.5. The van der Waals surface area contributed by atoms with E-state index in [4.69, 9.17) is 11.6 Å². The number of amides is 1. The highest BCUT2D eigenvalue weighted by molar-refractivity contribution is 6.30. The lowest BCUT2D eigenvalue weighted by atomic mass is 10.1. The molecule has 0 atom stereocenters. The summed E-state index contributed by atoms with van der Waals surface area (Å²) in [7, 11) is 0. The lowest BCUT2D eigenvalue weighted by molar-refractivity contribution is -0.255. The Balaban J connectivity index is 1.71. The van der Waals surface area contributed by atoms with Crippen LogP contribution in [0.4, 0.5) is 5.69 Å². The smallest absolute Gasteiger partial charge is 0.254 e. The van der Waals surface area contributed by atoms with Crippen LogP contribution >= 0.6 is 11.6 Å². The maximum absolute atomic E-state index is 12.6. The van der Waals surface area contributed by atoms with Crippen molar-refractivity contribution in [3.05, 3.63) is 64.7 Å². The molecular formula is C18H16ClN2O3-. The number of carbonyl (C=O) groups excluding carboxylic acids is 2. The lowest BCUT2D eigenvalue weighted by Crippen LogP contribution is -2.49. The Kier molecular flexibility index (Phi) is 4.71. The van der Waals surface area contributed by atoms with Gasteiger partial charge in [-0.15, -0.1) is 0 Å². The standard InChI is InChI=1S/C18H17ClN2O3/c19-13-4-3-5-14(12-13)20-8-10-21(11-9-20)17(22)15-6-1-2-7-16(15)18(23)24/h1-7,12H,8-11H2,(H,23,24)/p-1. The summed E-state index contributed by atoms with van der Waals surface area (Å²) < 4.78 is 0. The van der Waals surface area contributed by atoms with Crippen LogP contribution in [0.2, 0.25) is 5.02 Å². The van der Waals surface area contributed by atoms with Crippen LogP contribution in [0.3, 0.4) is 0 Å². The second-order valence-corrected chi connectivity index (χ2v) is 6.03. The minimum absolute atomic E-state index is 0.0697. The number of carbonyl (C=O) groups is 2. The fourth-order valence-electron chi connectivity index (χ4n) is 2.86. The number of hydrogen-bond donors (Lipinski definition) is 0. The topological polar surface area (TPSA) is 63.7 Å². The maximum atomic E-state index is 12.6. The molecule has 0 bridgehead atoms. The third-order valence-electron chi connectivity index (χ3n) is 4.12. The molecule has 6 heteroatoms. The van der Waals surface area contributed by atoms with Crippen LogP contribution < -0.4 is 10.0 Å². The van der Waals surface area contributed by atoms with Crippen LogP contribution in [-0.2, 0) is 0 Å². The summed E-state index contributed by atoms with van der Waals surface area (Å²) in [6.07, 6.45) is 0. The molecule has 24 heavy (non-hydrogen) atoms. The van der Waals surface area contributed by atoms with E-state index in [2.05, 4.69) is 4.90 Å². The zero-order valence-electron chi connectivity index (χ0n) is 12.9. The molecule has 1 heterocycles. The first-order valence-electron chi connectivity index (χ1n) is 7.66. The molecule has 1 aliphatic heterocycles. The van der Waals surface area contributed by atoms with Gasteiger partial charge in [0.1, 0.15) is 0 Å². The molecule has 0 saturated carbocycles. The van der Waals surface area contributed by atoms with Gasteiger partial charge < -0.3 is 19.7 Å². The Labute approximate surface area is 145 Å². The monoisotopic (exact) mass is 343 g/mol. The summed E-state index contributed by atoms with van der Waals surface area (Å²) in [5, 5.41) is 11.9. The minimum Gasteiger partial charge on any atom is -0.545 e. The third kappa shape index (κ3) is 3.36. The van der Waals surface area contributed by atoms with E-state index < -0.39 is 5.97 Å². The first kappa shape index (κ1) is 16.3. The van der Waals surface area contributed by atoms with E-state index in [0.717, 1.165) is 5.69 Å². The van der Waals surface area contributed by atoms with Gasteiger partial charge >= 0.3 is 0 Å². The number of aromatic carboxylic acids is 1. The van der Waals surface area contributed by atoms with Crippen molar-refractivity contribution in [1.29, 1.82) is 0 Å². The van der Waals surface area contributed by atoms with E-state index >= 15 is 0 Å².